The van der Waals surface area contributed by atoms with Crippen LogP contribution in [0.25, 0.3) is 0 Å². The van der Waals surface area contributed by atoms with Gasteiger partial charge >= 0.3 is 20.7 Å². The topological polar surface area (TPSA) is 71.1 Å². The molecule has 0 radical (unpaired) electrons. The van der Waals surface area contributed by atoms with E-state index in [0.717, 1.165) is 0 Å². The third kappa shape index (κ3) is 1.93. The van der Waals surface area contributed by atoms with Crippen LogP contribution in [-0.4, -0.2) is 42.1 Å². The van der Waals surface area contributed by atoms with Crippen molar-refractivity contribution in [2.75, 3.05) is 21.3 Å². The summed E-state index contributed by atoms with van der Waals surface area (Å²) in [7, 11) is 1.74. The molecule has 2 rings (SSSR count). The van der Waals surface area contributed by atoms with Crippen LogP contribution in [0.2, 0.25) is 5.54 Å². The van der Waals surface area contributed by atoms with Crippen molar-refractivity contribution in [3.63, 3.8) is 0 Å². The zero-order chi connectivity index (χ0) is 13.3. The first-order chi connectivity index (χ1) is 8.57. The SMILES string of the molecule is CO[Si](OC)(OC)C1C=CC2C(=O)OC(=O)C2C1. The smallest absolute Gasteiger partial charge is 0.392 e. The lowest BCUT2D eigenvalue weighted by Gasteiger charge is -2.33. The van der Waals surface area contributed by atoms with Gasteiger partial charge in [0.2, 0.25) is 0 Å². The van der Waals surface area contributed by atoms with Gasteiger partial charge in [0.1, 0.15) is 0 Å². The molecule has 0 aromatic heterocycles. The van der Waals surface area contributed by atoms with Crippen LogP contribution >= 0.6 is 0 Å². The lowest BCUT2D eigenvalue weighted by Crippen LogP contribution is -2.48. The molecular weight excluding hydrogens is 256 g/mol. The van der Waals surface area contributed by atoms with Crippen molar-refractivity contribution in [1.29, 1.82) is 0 Å². The van der Waals surface area contributed by atoms with Crippen LogP contribution in [0.4, 0.5) is 0 Å². The Kier molecular flexibility index (Phi) is 3.67. The Morgan fingerprint density at radius 3 is 2.28 bits per heavy atom. The largest absolute Gasteiger partial charge is 0.507 e. The van der Waals surface area contributed by atoms with Crippen molar-refractivity contribution in [2.45, 2.75) is 12.0 Å². The zero-order valence-electron chi connectivity index (χ0n) is 10.5. The number of carbonyl (C=O) groups excluding carboxylic acids is 2. The van der Waals surface area contributed by atoms with E-state index in [1.165, 1.54) is 21.3 Å². The van der Waals surface area contributed by atoms with Gasteiger partial charge in [-0.15, -0.1) is 0 Å². The molecule has 100 valence electrons. The molecule has 1 aliphatic heterocycles. The number of fused-ring (bicyclic) bond motifs is 1. The summed E-state index contributed by atoms with van der Waals surface area (Å²) in [5.74, 6) is -1.85. The quantitative estimate of drug-likeness (QED) is 0.321. The van der Waals surface area contributed by atoms with E-state index in [1.54, 1.807) is 6.08 Å². The van der Waals surface area contributed by atoms with Crippen molar-refractivity contribution in [3.05, 3.63) is 12.2 Å². The van der Waals surface area contributed by atoms with Gasteiger partial charge in [0.05, 0.1) is 11.8 Å². The second-order valence-electron chi connectivity index (χ2n) is 4.32. The van der Waals surface area contributed by atoms with Gasteiger partial charge in [-0.25, -0.2) is 0 Å². The lowest BCUT2D eigenvalue weighted by atomic mass is 9.86. The van der Waals surface area contributed by atoms with Gasteiger partial charge in [-0.3, -0.25) is 9.59 Å². The van der Waals surface area contributed by atoms with Crippen molar-refractivity contribution < 1.29 is 27.6 Å². The molecule has 1 fully saturated rings. The first-order valence-corrected chi connectivity index (χ1v) is 7.47. The molecule has 0 N–H and O–H groups in total. The van der Waals surface area contributed by atoms with Crippen LogP contribution in [0.1, 0.15) is 6.42 Å². The number of allylic oxidation sites excluding steroid dienone is 1. The molecule has 6 nitrogen and oxygen atoms in total. The van der Waals surface area contributed by atoms with E-state index in [0.29, 0.717) is 6.42 Å². The van der Waals surface area contributed by atoms with Gasteiger partial charge in [0.15, 0.2) is 0 Å². The van der Waals surface area contributed by atoms with E-state index in [9.17, 15) is 9.59 Å². The highest BCUT2D eigenvalue weighted by Gasteiger charge is 2.53. The van der Waals surface area contributed by atoms with Gasteiger partial charge in [0, 0.05) is 26.9 Å². The third-order valence-corrected chi connectivity index (χ3v) is 6.62. The maximum atomic E-state index is 11.6. The first-order valence-electron chi connectivity index (χ1n) is 5.67. The molecule has 0 bridgehead atoms. The molecule has 1 heterocycles. The molecule has 0 amide bonds. The predicted octanol–water partition coefficient (Wildman–Crippen LogP) is 0.510. The Morgan fingerprint density at radius 1 is 1.11 bits per heavy atom. The standard InChI is InChI=1S/C11H16O6Si/c1-14-18(15-2,16-3)7-4-5-8-9(6-7)11(13)17-10(8)12/h4-5,7-9H,6H2,1-3H3. The zero-order valence-corrected chi connectivity index (χ0v) is 11.5. The predicted molar refractivity (Wildman–Crippen MR) is 62.4 cm³/mol. The fourth-order valence-electron chi connectivity index (χ4n) is 2.58. The normalized spacial score (nSPS) is 31.4. The van der Waals surface area contributed by atoms with Crippen LogP contribution in [0.15, 0.2) is 12.2 Å². The highest BCUT2D eigenvalue weighted by molar-refractivity contribution is 6.63. The Bertz CT molecular complexity index is 381. The number of esters is 2. The number of hydrogen-bond donors (Lipinski definition) is 0. The van der Waals surface area contributed by atoms with E-state index in [-0.39, 0.29) is 5.54 Å². The number of hydrogen-bond acceptors (Lipinski definition) is 6. The minimum atomic E-state index is -2.83. The third-order valence-electron chi connectivity index (χ3n) is 3.58. The molecule has 0 spiro atoms. The summed E-state index contributed by atoms with van der Waals surface area (Å²) in [4.78, 5) is 23.0. The average Bonchev–Trinajstić information content (AvgIpc) is 2.68. The fraction of sp³-hybridized carbons (Fsp3) is 0.636. The van der Waals surface area contributed by atoms with Crippen molar-refractivity contribution >= 4 is 20.7 Å². The molecule has 1 saturated heterocycles. The van der Waals surface area contributed by atoms with Crippen LogP contribution in [-0.2, 0) is 27.6 Å². The molecule has 3 atom stereocenters. The summed E-state index contributed by atoms with van der Waals surface area (Å²) in [5, 5.41) is 0. The van der Waals surface area contributed by atoms with Gasteiger partial charge in [0.25, 0.3) is 0 Å². The maximum absolute atomic E-state index is 11.6. The van der Waals surface area contributed by atoms with E-state index in [2.05, 4.69) is 4.74 Å². The highest BCUT2D eigenvalue weighted by atomic mass is 28.4. The van der Waals surface area contributed by atoms with Crippen LogP contribution in [0.5, 0.6) is 0 Å². The van der Waals surface area contributed by atoms with E-state index in [4.69, 9.17) is 13.3 Å². The summed E-state index contributed by atoms with van der Waals surface area (Å²) in [6.45, 7) is 0. The summed E-state index contributed by atoms with van der Waals surface area (Å²) >= 11 is 0. The molecule has 7 heteroatoms. The van der Waals surface area contributed by atoms with Gasteiger partial charge in [-0.05, 0) is 6.42 Å². The number of cyclic esters (lactones) is 2. The summed E-state index contributed by atoms with van der Waals surface area (Å²) < 4.78 is 20.8. The monoisotopic (exact) mass is 272 g/mol. The van der Waals surface area contributed by atoms with Crippen LogP contribution in [0.3, 0.4) is 0 Å². The number of rotatable bonds is 4. The summed E-state index contributed by atoms with van der Waals surface area (Å²) in [6.07, 6.45) is 3.99. The molecule has 18 heavy (non-hydrogen) atoms. The Morgan fingerprint density at radius 2 is 1.72 bits per heavy atom. The molecular formula is C11H16O6Si. The molecule has 0 saturated carbocycles. The molecule has 0 aromatic rings. The van der Waals surface area contributed by atoms with Gasteiger partial charge < -0.3 is 18.0 Å². The van der Waals surface area contributed by atoms with E-state index < -0.39 is 32.6 Å². The highest BCUT2D eigenvalue weighted by Crippen LogP contribution is 2.42. The molecule has 0 aromatic carbocycles. The van der Waals surface area contributed by atoms with Gasteiger partial charge in [-0.2, -0.15) is 0 Å². The first kappa shape index (κ1) is 13.4. The van der Waals surface area contributed by atoms with E-state index in [1.807, 2.05) is 6.08 Å². The summed E-state index contributed by atoms with van der Waals surface area (Å²) in [5.41, 5.74) is -0.141. The van der Waals surface area contributed by atoms with Crippen molar-refractivity contribution in [1.82, 2.24) is 0 Å². The second kappa shape index (κ2) is 4.92. The van der Waals surface area contributed by atoms with Crippen LogP contribution < -0.4 is 0 Å². The molecule has 2 aliphatic rings. The van der Waals surface area contributed by atoms with E-state index >= 15 is 0 Å². The minimum Gasteiger partial charge on any atom is -0.392 e. The Hall–Kier alpha value is -1.02. The Labute approximate surface area is 106 Å². The lowest BCUT2D eigenvalue weighted by molar-refractivity contribution is -0.153. The van der Waals surface area contributed by atoms with Crippen molar-refractivity contribution in [2.24, 2.45) is 11.8 Å². The summed E-state index contributed by atoms with van der Waals surface area (Å²) in [6, 6.07) is 0. The number of carbonyl (C=O) groups is 2. The maximum Gasteiger partial charge on any atom is 0.507 e. The molecule has 3 unspecified atom stereocenters. The number of ether oxygens (including phenoxy) is 1. The fourth-order valence-corrected chi connectivity index (χ4v) is 4.88. The minimum absolute atomic E-state index is 0.141. The Balaban J connectivity index is 2.24. The second-order valence-corrected chi connectivity index (χ2v) is 7.49. The van der Waals surface area contributed by atoms with Gasteiger partial charge in [-0.1, -0.05) is 12.2 Å². The average molecular weight is 272 g/mol. The van der Waals surface area contributed by atoms with Crippen molar-refractivity contribution in [3.8, 4) is 0 Å². The molecule has 1 aliphatic carbocycles. The van der Waals surface area contributed by atoms with Crippen LogP contribution in [0, 0.1) is 11.8 Å².